The van der Waals surface area contributed by atoms with Crippen LogP contribution in [0.25, 0.3) is 33.6 Å². The van der Waals surface area contributed by atoms with Crippen LogP contribution in [0.3, 0.4) is 0 Å². The highest BCUT2D eigenvalue weighted by Crippen LogP contribution is 2.38. The van der Waals surface area contributed by atoms with E-state index < -0.39 is 69.4 Å². The van der Waals surface area contributed by atoms with Crippen molar-refractivity contribution < 1.29 is 41.6 Å². The maximum atomic E-state index is 14.2. The lowest BCUT2D eigenvalue weighted by Crippen LogP contribution is -2.43. The molecule has 66 heavy (non-hydrogen) atoms. The van der Waals surface area contributed by atoms with Crippen LogP contribution in [0.4, 0.5) is 9.59 Å². The first-order valence-electron chi connectivity index (χ1n) is 21.1. The summed E-state index contributed by atoms with van der Waals surface area (Å²) in [6.07, 6.45) is 3.99. The number of nitrogens with zero attached hydrogens (tertiary/aromatic N) is 4. The van der Waals surface area contributed by atoms with Crippen molar-refractivity contribution in [2.75, 3.05) is 33.6 Å². The number of H-pyrrole nitrogens is 2. The molecule has 0 bridgehead atoms. The number of amides is 4. The van der Waals surface area contributed by atoms with E-state index in [9.17, 15) is 32.1 Å². The molecule has 17 nitrogen and oxygen atoms in total. The second-order valence-electron chi connectivity index (χ2n) is 16.0. The van der Waals surface area contributed by atoms with Crippen LogP contribution < -0.4 is 10.6 Å². The minimum atomic E-state index is -2.85. The molecule has 8 rings (SSSR count). The molecule has 2 aromatic heterocycles. The summed E-state index contributed by atoms with van der Waals surface area (Å²) in [6, 6.07) is 30.0. The summed E-state index contributed by atoms with van der Waals surface area (Å²) in [5, 5.41) is 4.17. The number of aromatic amines is 2. The van der Waals surface area contributed by atoms with Gasteiger partial charge in [0.2, 0.25) is 0 Å². The number of methoxy groups -OCH3 is 2. The van der Waals surface area contributed by atoms with Crippen LogP contribution in [-0.2, 0) is 40.9 Å². The Labute approximate surface area is 385 Å². The number of carbonyl (C=O) groups is 4. The zero-order valence-corrected chi connectivity index (χ0v) is 37.9. The lowest BCUT2D eigenvalue weighted by molar-refractivity contribution is -0.135. The molecule has 2 saturated heterocycles. The summed E-state index contributed by atoms with van der Waals surface area (Å²) >= 11 is -1.22. The maximum absolute atomic E-state index is 14.2. The summed E-state index contributed by atoms with van der Waals surface area (Å²) in [5.74, 6) is 0.105. The summed E-state index contributed by atoms with van der Waals surface area (Å²) in [6.45, 7) is 0.166. The predicted molar refractivity (Wildman–Crippen MR) is 247 cm³/mol. The van der Waals surface area contributed by atoms with Crippen molar-refractivity contribution in [1.82, 2.24) is 40.4 Å². The monoisotopic (exact) mass is 932 g/mol. The van der Waals surface area contributed by atoms with E-state index >= 15 is 0 Å². The van der Waals surface area contributed by atoms with Crippen LogP contribution in [0.2, 0.25) is 0 Å². The maximum Gasteiger partial charge on any atom is 0.407 e. The summed E-state index contributed by atoms with van der Waals surface area (Å²) < 4.78 is 46.8. The number of aromatic nitrogens is 4. The van der Waals surface area contributed by atoms with Gasteiger partial charge in [-0.1, -0.05) is 120 Å². The number of alkyl carbamates (subject to hydrolysis) is 2. The van der Waals surface area contributed by atoms with Gasteiger partial charge in [0.15, 0.2) is 0 Å². The molecular formula is C47H48N8O9S2. The fourth-order valence-electron chi connectivity index (χ4n) is 8.55. The number of benzene rings is 4. The summed E-state index contributed by atoms with van der Waals surface area (Å²) in [4.78, 5) is 72.0. The molecule has 342 valence electrons. The van der Waals surface area contributed by atoms with E-state index in [1.54, 1.807) is 78.1 Å². The van der Waals surface area contributed by atoms with Gasteiger partial charge in [0.05, 0.1) is 68.1 Å². The smallest absolute Gasteiger partial charge is 0.407 e. The highest BCUT2D eigenvalue weighted by molar-refractivity contribution is 7.91. The zero-order valence-electron chi connectivity index (χ0n) is 36.2. The van der Waals surface area contributed by atoms with Gasteiger partial charge in [-0.15, -0.1) is 0 Å². The third-order valence-corrected chi connectivity index (χ3v) is 14.3. The number of hydrogen-bond acceptors (Lipinski definition) is 11. The molecule has 2 fully saturated rings. The first kappa shape index (κ1) is 45.6. The van der Waals surface area contributed by atoms with Gasteiger partial charge in [-0.05, 0) is 39.8 Å². The Morgan fingerprint density at radius 1 is 0.652 bits per heavy atom. The molecule has 4 aromatic carbocycles. The molecule has 4 heterocycles. The van der Waals surface area contributed by atoms with E-state index in [1.165, 1.54) is 19.1 Å². The molecule has 4 amide bonds. The Morgan fingerprint density at radius 3 is 1.47 bits per heavy atom. The molecule has 19 heteroatoms. The molecule has 0 saturated carbocycles. The minimum Gasteiger partial charge on any atom is -0.616 e. The third kappa shape index (κ3) is 9.82. The van der Waals surface area contributed by atoms with E-state index in [0.717, 1.165) is 27.9 Å². The fraction of sp³-hybridized carbons (Fsp3) is 0.277. The number of carbonyl (C=O) groups excluding carboxylic acids is 4. The van der Waals surface area contributed by atoms with Crippen LogP contribution in [0.5, 0.6) is 0 Å². The number of rotatable bonds is 13. The van der Waals surface area contributed by atoms with Gasteiger partial charge in [0.1, 0.15) is 39.7 Å². The largest absolute Gasteiger partial charge is 0.616 e. The standard InChI is InChI=1S/C47H48N8O9S2/c1-63-46(58)52-40(32-10-6-4-7-11-32)44(56)54-26-34(65(3)60)22-38(54)42-48-24-36(50-42)30-18-14-28(15-19-30)29-16-20-31(21-17-29)37-25-49-43(51-37)39-23-35(66(61)62)27-55(39)45(57)41(53-47(59)64-2)33-12-8-5-9-13-33/h4-21,24-25,34-35,38-41,66H,22-23,26-27H2,1-3H3,(H,48,50)(H,49,51)(H,52,58)(H,53,59)/t34-,35-,38-,39-,40-,41-,65?/m0/s1. The van der Waals surface area contributed by atoms with Crippen LogP contribution in [-0.4, -0.2) is 111 Å². The molecular weight excluding hydrogens is 885 g/mol. The lowest BCUT2D eigenvalue weighted by atomic mass is 10.0. The molecule has 0 spiro atoms. The Morgan fingerprint density at radius 2 is 1.06 bits per heavy atom. The van der Waals surface area contributed by atoms with E-state index in [0.29, 0.717) is 34.9 Å². The van der Waals surface area contributed by atoms with Crippen molar-refractivity contribution in [2.24, 2.45) is 0 Å². The number of imidazole rings is 2. The predicted octanol–water partition coefficient (Wildman–Crippen LogP) is 5.60. The minimum absolute atomic E-state index is 0.0601. The van der Waals surface area contributed by atoms with Gasteiger partial charge in [-0.2, -0.15) is 0 Å². The van der Waals surface area contributed by atoms with Gasteiger partial charge in [-0.3, -0.25) is 9.59 Å². The van der Waals surface area contributed by atoms with Gasteiger partial charge in [0.25, 0.3) is 11.8 Å². The SMILES string of the molecule is COC(=O)N[C@H](C(=O)N1C[C@@H]([S+](C)[O-])C[C@H]1c1ncc(-c2ccc(-c3ccc(-c4cnc([C@@H]5C[C@H]([SH](=O)=O)CN5C(=O)[C@@H](NC(=O)OC)c5ccccc5)[nH]4)cc3)cc2)[nH]1)c1ccccc1. The first-order valence-corrected chi connectivity index (χ1v) is 24.0. The normalized spacial score (nSPS) is 19.5. The molecule has 2 aliphatic heterocycles. The van der Waals surface area contributed by atoms with E-state index in [-0.39, 0.29) is 30.7 Å². The number of thiol groups is 1. The zero-order chi connectivity index (χ0) is 46.5. The molecule has 4 N–H and O–H groups in total. The fourth-order valence-corrected chi connectivity index (χ4v) is 10.1. The number of hydrogen-bond donors (Lipinski definition) is 5. The van der Waals surface area contributed by atoms with E-state index in [1.807, 2.05) is 54.6 Å². The Kier molecular flexibility index (Phi) is 13.9. The highest BCUT2D eigenvalue weighted by Gasteiger charge is 2.45. The quantitative estimate of drug-likeness (QED) is 0.0707. The number of nitrogens with one attached hydrogen (secondary N) is 4. The average Bonchev–Trinajstić information content (AvgIpc) is 4.19. The lowest BCUT2D eigenvalue weighted by Gasteiger charge is -2.28. The Balaban J connectivity index is 0.971. The van der Waals surface area contributed by atoms with Crippen LogP contribution in [0.15, 0.2) is 122 Å². The third-order valence-electron chi connectivity index (χ3n) is 12.1. The molecule has 2 aliphatic rings. The summed E-state index contributed by atoms with van der Waals surface area (Å²) in [5.41, 5.74) is 6.08. The molecule has 6 aromatic rings. The van der Waals surface area contributed by atoms with Gasteiger partial charge in [-0.25, -0.2) is 28.0 Å². The van der Waals surface area contributed by atoms with Crippen molar-refractivity contribution in [3.63, 3.8) is 0 Å². The molecule has 0 aliphatic carbocycles. The second kappa shape index (κ2) is 20.1. The van der Waals surface area contributed by atoms with Crippen LogP contribution in [0.1, 0.15) is 59.8 Å². The van der Waals surface area contributed by atoms with Crippen molar-refractivity contribution in [1.29, 1.82) is 0 Å². The number of ether oxygens (including phenoxy) is 2. The molecule has 0 radical (unpaired) electrons. The average molecular weight is 933 g/mol. The van der Waals surface area contributed by atoms with E-state index in [4.69, 9.17) is 9.47 Å². The van der Waals surface area contributed by atoms with Crippen molar-refractivity contribution in [2.45, 2.75) is 47.5 Å². The molecule has 1 unspecified atom stereocenters. The highest BCUT2D eigenvalue weighted by atomic mass is 32.2. The van der Waals surface area contributed by atoms with Gasteiger partial charge in [0, 0.05) is 13.0 Å². The Bertz CT molecular complexity index is 2740. The van der Waals surface area contributed by atoms with Crippen LogP contribution in [0, 0.1) is 0 Å². The second-order valence-corrected chi connectivity index (χ2v) is 19.0. The van der Waals surface area contributed by atoms with Crippen molar-refractivity contribution in [3.05, 3.63) is 144 Å². The first-order chi connectivity index (χ1) is 31.9. The van der Waals surface area contributed by atoms with Gasteiger partial charge >= 0.3 is 12.2 Å². The van der Waals surface area contributed by atoms with Crippen molar-refractivity contribution >= 4 is 45.9 Å². The van der Waals surface area contributed by atoms with Crippen molar-refractivity contribution in [3.8, 4) is 33.6 Å². The Hall–Kier alpha value is -6.96. The topological polar surface area (TPSA) is 232 Å². The number of likely N-dealkylation sites (tertiary alicyclic amines) is 2. The van der Waals surface area contributed by atoms with E-state index in [2.05, 4.69) is 30.6 Å². The summed E-state index contributed by atoms with van der Waals surface area (Å²) in [7, 11) is -0.414. The van der Waals surface area contributed by atoms with Gasteiger partial charge < -0.3 is 44.4 Å². The van der Waals surface area contributed by atoms with Crippen LogP contribution >= 0.6 is 0 Å². The molecule has 7 atom stereocenters.